The van der Waals surface area contributed by atoms with Gasteiger partial charge in [0.2, 0.25) is 5.91 Å². The van der Waals surface area contributed by atoms with Crippen LogP contribution in [-0.2, 0) is 4.79 Å². The van der Waals surface area contributed by atoms with Gasteiger partial charge < -0.3 is 10.6 Å². The molecule has 1 saturated heterocycles. The third kappa shape index (κ3) is 3.49. The first-order valence-electron chi connectivity index (χ1n) is 5.94. The molecule has 0 aromatic rings. The molecule has 0 aromatic carbocycles. The summed E-state index contributed by atoms with van der Waals surface area (Å²) in [7, 11) is 0. The van der Waals surface area contributed by atoms with Gasteiger partial charge in [0.05, 0.1) is 0 Å². The van der Waals surface area contributed by atoms with Crippen molar-refractivity contribution in [3.8, 4) is 0 Å². The van der Waals surface area contributed by atoms with Crippen molar-refractivity contribution in [2.75, 3.05) is 19.6 Å². The lowest BCUT2D eigenvalue weighted by Crippen LogP contribution is -2.50. The summed E-state index contributed by atoms with van der Waals surface area (Å²) in [6.07, 6.45) is 1.09. The number of rotatable bonds is 5. The molecular weight excluding hydrogens is 188 g/mol. The second-order valence-corrected chi connectivity index (χ2v) is 5.44. The smallest absolute Gasteiger partial charge is 0.223 e. The Balaban J connectivity index is 2.28. The van der Waals surface area contributed by atoms with Crippen LogP contribution in [0.15, 0.2) is 0 Å². The maximum absolute atomic E-state index is 11.8. The molecule has 0 spiro atoms. The van der Waals surface area contributed by atoms with Gasteiger partial charge in [0.1, 0.15) is 0 Å². The molecule has 1 fully saturated rings. The predicted octanol–water partition coefficient (Wildman–Crippen LogP) is 1.39. The first kappa shape index (κ1) is 12.5. The van der Waals surface area contributed by atoms with Crippen LogP contribution in [0.4, 0.5) is 0 Å². The summed E-state index contributed by atoms with van der Waals surface area (Å²) in [6.45, 7) is 11.3. The minimum absolute atomic E-state index is 0.152. The molecule has 0 saturated carbocycles. The zero-order chi connectivity index (χ0) is 11.5. The van der Waals surface area contributed by atoms with Gasteiger partial charge in [-0.1, -0.05) is 27.7 Å². The largest absolute Gasteiger partial charge is 0.355 e. The minimum Gasteiger partial charge on any atom is -0.355 e. The summed E-state index contributed by atoms with van der Waals surface area (Å²) in [5.74, 6) is 0.900. The van der Waals surface area contributed by atoms with Gasteiger partial charge in [-0.05, 0) is 30.8 Å². The monoisotopic (exact) mass is 212 g/mol. The zero-order valence-electron chi connectivity index (χ0n) is 10.4. The summed E-state index contributed by atoms with van der Waals surface area (Å²) in [4.78, 5) is 11.8. The van der Waals surface area contributed by atoms with Crippen molar-refractivity contribution < 1.29 is 4.79 Å². The number of carbonyl (C=O) groups excluding carboxylic acids is 1. The molecule has 1 aliphatic heterocycles. The standard InChI is InChI=1S/C12H24N2O/c1-5-12(3,4)8-14-11(15)9(2)10-6-13-7-10/h9-10,13H,5-8H2,1-4H3,(H,14,15). The lowest BCUT2D eigenvalue weighted by Gasteiger charge is -2.32. The Morgan fingerprint density at radius 3 is 2.53 bits per heavy atom. The Morgan fingerprint density at radius 2 is 2.13 bits per heavy atom. The highest BCUT2D eigenvalue weighted by molar-refractivity contribution is 5.78. The summed E-state index contributed by atoms with van der Waals surface area (Å²) in [5.41, 5.74) is 0.216. The molecule has 0 radical (unpaired) electrons. The highest BCUT2D eigenvalue weighted by atomic mass is 16.1. The Labute approximate surface area is 93.0 Å². The van der Waals surface area contributed by atoms with Crippen LogP contribution in [-0.4, -0.2) is 25.5 Å². The fourth-order valence-electron chi connectivity index (χ4n) is 1.49. The molecule has 1 amide bonds. The maximum atomic E-state index is 11.8. The van der Waals surface area contributed by atoms with E-state index in [1.807, 2.05) is 6.92 Å². The normalized spacial score (nSPS) is 19.5. The van der Waals surface area contributed by atoms with Crippen molar-refractivity contribution in [1.82, 2.24) is 10.6 Å². The van der Waals surface area contributed by atoms with Gasteiger partial charge in [-0.25, -0.2) is 0 Å². The van der Waals surface area contributed by atoms with Gasteiger partial charge in [0.15, 0.2) is 0 Å². The minimum atomic E-state index is 0.152. The van der Waals surface area contributed by atoms with Gasteiger partial charge in [0, 0.05) is 12.5 Å². The second-order valence-electron chi connectivity index (χ2n) is 5.44. The third-order valence-electron chi connectivity index (χ3n) is 3.63. The summed E-state index contributed by atoms with van der Waals surface area (Å²) in [6, 6.07) is 0. The zero-order valence-corrected chi connectivity index (χ0v) is 10.4. The van der Waals surface area contributed by atoms with E-state index < -0.39 is 0 Å². The molecule has 15 heavy (non-hydrogen) atoms. The van der Waals surface area contributed by atoms with Gasteiger partial charge in [-0.15, -0.1) is 0 Å². The first-order chi connectivity index (χ1) is 6.96. The van der Waals surface area contributed by atoms with Crippen LogP contribution in [0.25, 0.3) is 0 Å². The van der Waals surface area contributed by atoms with E-state index in [-0.39, 0.29) is 17.2 Å². The molecule has 1 heterocycles. The van der Waals surface area contributed by atoms with Gasteiger partial charge in [-0.3, -0.25) is 4.79 Å². The van der Waals surface area contributed by atoms with Gasteiger partial charge in [-0.2, -0.15) is 0 Å². The lowest BCUT2D eigenvalue weighted by atomic mass is 9.87. The van der Waals surface area contributed by atoms with Crippen LogP contribution in [0.1, 0.15) is 34.1 Å². The molecule has 1 aliphatic rings. The molecule has 1 rings (SSSR count). The summed E-state index contributed by atoms with van der Waals surface area (Å²) >= 11 is 0. The van der Waals surface area contributed by atoms with Crippen LogP contribution in [0.5, 0.6) is 0 Å². The van der Waals surface area contributed by atoms with Crippen molar-refractivity contribution in [3.05, 3.63) is 0 Å². The number of nitrogens with one attached hydrogen (secondary N) is 2. The summed E-state index contributed by atoms with van der Waals surface area (Å²) in [5, 5.41) is 6.26. The number of hydrogen-bond acceptors (Lipinski definition) is 2. The van der Waals surface area contributed by atoms with Crippen molar-refractivity contribution in [2.24, 2.45) is 17.3 Å². The molecular formula is C12H24N2O. The van der Waals surface area contributed by atoms with Crippen molar-refractivity contribution >= 4 is 5.91 Å². The molecule has 88 valence electrons. The first-order valence-corrected chi connectivity index (χ1v) is 5.94. The Morgan fingerprint density at radius 1 is 1.53 bits per heavy atom. The number of hydrogen-bond donors (Lipinski definition) is 2. The maximum Gasteiger partial charge on any atom is 0.223 e. The molecule has 1 atom stereocenters. The molecule has 3 nitrogen and oxygen atoms in total. The average Bonchev–Trinajstić information content (AvgIpc) is 2.11. The van der Waals surface area contributed by atoms with Crippen molar-refractivity contribution in [3.63, 3.8) is 0 Å². The third-order valence-corrected chi connectivity index (χ3v) is 3.63. The summed E-state index contributed by atoms with van der Waals surface area (Å²) < 4.78 is 0. The Bertz CT molecular complexity index is 222. The van der Waals surface area contributed by atoms with E-state index in [0.29, 0.717) is 5.92 Å². The highest BCUT2D eigenvalue weighted by Crippen LogP contribution is 2.19. The van der Waals surface area contributed by atoms with E-state index in [9.17, 15) is 4.79 Å². The fourth-order valence-corrected chi connectivity index (χ4v) is 1.49. The molecule has 0 bridgehead atoms. The molecule has 1 unspecified atom stereocenters. The lowest BCUT2D eigenvalue weighted by molar-refractivity contribution is -0.127. The second kappa shape index (κ2) is 4.97. The number of carbonyl (C=O) groups is 1. The van der Waals surface area contributed by atoms with E-state index >= 15 is 0 Å². The van der Waals surface area contributed by atoms with Gasteiger partial charge in [0.25, 0.3) is 0 Å². The van der Waals surface area contributed by atoms with Crippen LogP contribution >= 0.6 is 0 Å². The fraction of sp³-hybridized carbons (Fsp3) is 0.917. The molecule has 0 aromatic heterocycles. The van der Waals surface area contributed by atoms with Crippen LogP contribution in [0, 0.1) is 17.3 Å². The van der Waals surface area contributed by atoms with Crippen molar-refractivity contribution in [2.45, 2.75) is 34.1 Å². The molecule has 3 heteroatoms. The quantitative estimate of drug-likeness (QED) is 0.723. The van der Waals surface area contributed by atoms with E-state index in [1.54, 1.807) is 0 Å². The highest BCUT2D eigenvalue weighted by Gasteiger charge is 2.29. The topological polar surface area (TPSA) is 41.1 Å². The van der Waals surface area contributed by atoms with E-state index in [1.165, 1.54) is 0 Å². The number of amides is 1. The van der Waals surface area contributed by atoms with Crippen LogP contribution in [0.3, 0.4) is 0 Å². The average molecular weight is 212 g/mol. The van der Waals surface area contributed by atoms with Crippen molar-refractivity contribution in [1.29, 1.82) is 0 Å². The molecule has 2 N–H and O–H groups in total. The molecule has 0 aliphatic carbocycles. The Kier molecular flexibility index (Phi) is 4.14. The van der Waals surface area contributed by atoms with Crippen LogP contribution in [0.2, 0.25) is 0 Å². The van der Waals surface area contributed by atoms with E-state index in [4.69, 9.17) is 0 Å². The SMILES string of the molecule is CCC(C)(C)CNC(=O)C(C)C1CNC1. The predicted molar refractivity (Wildman–Crippen MR) is 62.6 cm³/mol. The van der Waals surface area contributed by atoms with E-state index in [2.05, 4.69) is 31.4 Å². The van der Waals surface area contributed by atoms with Crippen LogP contribution < -0.4 is 10.6 Å². The van der Waals surface area contributed by atoms with Gasteiger partial charge >= 0.3 is 0 Å². The Hall–Kier alpha value is -0.570. The van der Waals surface area contributed by atoms with E-state index in [0.717, 1.165) is 26.1 Å².